The van der Waals surface area contributed by atoms with Gasteiger partial charge in [-0.15, -0.1) is 0 Å². The standard InChI is InChI=1S/C17H17N3O/c1-13-17(21)20(12-14-8-4-2-5-9-14)19-16(18-13)15-10-6-3-7-11-15/h2-11,13H,12H2,1H3,(H,18,19)/t13-/m0/s1. The Balaban J connectivity index is 1.83. The average Bonchev–Trinajstić information content (AvgIpc) is 2.53. The second kappa shape index (κ2) is 5.79. The van der Waals surface area contributed by atoms with Crippen LogP contribution in [0.15, 0.2) is 65.7 Å². The molecule has 1 atom stereocenters. The SMILES string of the molecule is C[C@@H]1N=C(c2ccccc2)NN(Cc2ccccc2)C1=O. The van der Waals surface area contributed by atoms with Gasteiger partial charge in [0.15, 0.2) is 0 Å². The Morgan fingerprint density at radius 1 is 1.05 bits per heavy atom. The molecule has 4 heteroatoms. The lowest BCUT2D eigenvalue weighted by atomic mass is 10.1. The number of hydrazine groups is 1. The smallest absolute Gasteiger partial charge is 0.265 e. The van der Waals surface area contributed by atoms with Crippen molar-refractivity contribution >= 4 is 11.7 Å². The highest BCUT2D eigenvalue weighted by atomic mass is 16.2. The number of rotatable bonds is 3. The third-order valence-electron chi connectivity index (χ3n) is 3.42. The number of aliphatic imine (C=N–C) groups is 1. The summed E-state index contributed by atoms with van der Waals surface area (Å²) in [5.74, 6) is 0.720. The first-order chi connectivity index (χ1) is 10.2. The monoisotopic (exact) mass is 279 g/mol. The lowest BCUT2D eigenvalue weighted by Crippen LogP contribution is -2.53. The van der Waals surface area contributed by atoms with E-state index < -0.39 is 0 Å². The van der Waals surface area contributed by atoms with Gasteiger partial charge in [-0.25, -0.2) is 5.01 Å². The third-order valence-corrected chi connectivity index (χ3v) is 3.42. The molecule has 0 aliphatic carbocycles. The van der Waals surface area contributed by atoms with Crippen molar-refractivity contribution in [2.75, 3.05) is 0 Å². The molecule has 1 amide bonds. The first-order valence-electron chi connectivity index (χ1n) is 6.99. The molecule has 106 valence electrons. The van der Waals surface area contributed by atoms with Gasteiger partial charge in [0.2, 0.25) is 0 Å². The molecule has 0 fully saturated rings. The van der Waals surface area contributed by atoms with E-state index in [9.17, 15) is 4.79 Å². The molecule has 1 aliphatic heterocycles. The van der Waals surface area contributed by atoms with E-state index in [0.29, 0.717) is 6.54 Å². The van der Waals surface area contributed by atoms with E-state index >= 15 is 0 Å². The maximum Gasteiger partial charge on any atom is 0.265 e. The summed E-state index contributed by atoms with van der Waals surface area (Å²) in [7, 11) is 0. The van der Waals surface area contributed by atoms with Crippen molar-refractivity contribution in [2.45, 2.75) is 19.5 Å². The predicted molar refractivity (Wildman–Crippen MR) is 82.6 cm³/mol. The molecule has 0 saturated carbocycles. The zero-order valence-corrected chi connectivity index (χ0v) is 11.9. The second-order valence-electron chi connectivity index (χ2n) is 5.04. The minimum absolute atomic E-state index is 0.0152. The van der Waals surface area contributed by atoms with Gasteiger partial charge in [-0.1, -0.05) is 60.7 Å². The number of benzene rings is 2. The highest BCUT2D eigenvalue weighted by molar-refractivity contribution is 6.03. The summed E-state index contributed by atoms with van der Waals surface area (Å²) in [6.07, 6.45) is 0. The van der Waals surface area contributed by atoms with Gasteiger partial charge in [-0.2, -0.15) is 0 Å². The molecule has 21 heavy (non-hydrogen) atoms. The van der Waals surface area contributed by atoms with Crippen LogP contribution in [-0.4, -0.2) is 22.8 Å². The Kier molecular flexibility index (Phi) is 3.69. The summed E-state index contributed by atoms with van der Waals surface area (Å²) in [5, 5.41) is 1.63. The van der Waals surface area contributed by atoms with E-state index in [2.05, 4.69) is 10.4 Å². The first kappa shape index (κ1) is 13.4. The fraction of sp³-hybridized carbons (Fsp3) is 0.176. The Hall–Kier alpha value is -2.62. The number of hydrogen-bond acceptors (Lipinski definition) is 3. The van der Waals surface area contributed by atoms with E-state index in [0.717, 1.165) is 17.0 Å². The third kappa shape index (κ3) is 2.94. The van der Waals surface area contributed by atoms with Crippen molar-refractivity contribution in [1.29, 1.82) is 0 Å². The second-order valence-corrected chi connectivity index (χ2v) is 5.04. The van der Waals surface area contributed by atoms with Crippen LogP contribution in [-0.2, 0) is 11.3 Å². The van der Waals surface area contributed by atoms with Crippen molar-refractivity contribution in [2.24, 2.45) is 4.99 Å². The highest BCUT2D eigenvalue weighted by Crippen LogP contribution is 2.12. The molecule has 0 aromatic heterocycles. The van der Waals surface area contributed by atoms with Crippen LogP contribution in [0.3, 0.4) is 0 Å². The molecule has 1 aliphatic rings. The van der Waals surface area contributed by atoms with Crippen LogP contribution < -0.4 is 5.43 Å². The van der Waals surface area contributed by atoms with Crippen LogP contribution in [0.5, 0.6) is 0 Å². The molecule has 2 aromatic rings. The molecule has 0 radical (unpaired) electrons. The van der Waals surface area contributed by atoms with Crippen LogP contribution in [0.1, 0.15) is 18.1 Å². The van der Waals surface area contributed by atoms with Gasteiger partial charge in [0.25, 0.3) is 5.91 Å². The van der Waals surface area contributed by atoms with Gasteiger partial charge in [0.1, 0.15) is 11.9 Å². The number of nitrogens with zero attached hydrogens (tertiary/aromatic N) is 2. The molecule has 0 unspecified atom stereocenters. The minimum atomic E-state index is -0.370. The summed E-state index contributed by atoms with van der Waals surface area (Å²) in [6, 6.07) is 19.4. The van der Waals surface area contributed by atoms with E-state index in [1.54, 1.807) is 5.01 Å². The van der Waals surface area contributed by atoms with Crippen molar-refractivity contribution < 1.29 is 4.79 Å². The number of carbonyl (C=O) groups excluding carboxylic acids is 1. The van der Waals surface area contributed by atoms with E-state index in [-0.39, 0.29) is 11.9 Å². The minimum Gasteiger partial charge on any atom is -0.279 e. The lowest BCUT2D eigenvalue weighted by Gasteiger charge is -2.31. The topological polar surface area (TPSA) is 44.7 Å². The summed E-state index contributed by atoms with van der Waals surface area (Å²) in [4.78, 5) is 16.7. The molecule has 2 aromatic carbocycles. The summed E-state index contributed by atoms with van der Waals surface area (Å²) in [5.41, 5.74) is 5.20. The Labute approximate surface area is 124 Å². The summed E-state index contributed by atoms with van der Waals surface area (Å²) < 4.78 is 0. The van der Waals surface area contributed by atoms with Crippen LogP contribution in [0.25, 0.3) is 0 Å². The zero-order chi connectivity index (χ0) is 14.7. The van der Waals surface area contributed by atoms with E-state index in [1.807, 2.05) is 67.6 Å². The fourth-order valence-corrected chi connectivity index (χ4v) is 2.30. The van der Waals surface area contributed by atoms with Crippen LogP contribution >= 0.6 is 0 Å². The Bertz CT molecular complexity index is 652. The lowest BCUT2D eigenvalue weighted by molar-refractivity contribution is -0.135. The number of nitrogens with one attached hydrogen (secondary N) is 1. The van der Waals surface area contributed by atoms with Crippen molar-refractivity contribution in [1.82, 2.24) is 10.4 Å². The highest BCUT2D eigenvalue weighted by Gasteiger charge is 2.27. The molecule has 4 nitrogen and oxygen atoms in total. The first-order valence-corrected chi connectivity index (χ1v) is 6.99. The van der Waals surface area contributed by atoms with Crippen LogP contribution in [0, 0.1) is 0 Å². The van der Waals surface area contributed by atoms with Gasteiger partial charge in [0.05, 0.1) is 6.54 Å². The Morgan fingerprint density at radius 2 is 1.67 bits per heavy atom. The largest absolute Gasteiger partial charge is 0.279 e. The quantitative estimate of drug-likeness (QED) is 0.937. The van der Waals surface area contributed by atoms with Crippen LogP contribution in [0.4, 0.5) is 0 Å². The molecular formula is C17H17N3O. The van der Waals surface area contributed by atoms with Gasteiger partial charge in [0, 0.05) is 5.56 Å². The van der Waals surface area contributed by atoms with E-state index in [4.69, 9.17) is 0 Å². The Morgan fingerprint density at radius 3 is 2.33 bits per heavy atom. The molecule has 0 spiro atoms. The number of amidine groups is 1. The maximum atomic E-state index is 12.3. The van der Waals surface area contributed by atoms with Gasteiger partial charge >= 0.3 is 0 Å². The normalized spacial score (nSPS) is 18.1. The summed E-state index contributed by atoms with van der Waals surface area (Å²) >= 11 is 0. The van der Waals surface area contributed by atoms with Crippen molar-refractivity contribution in [3.8, 4) is 0 Å². The number of hydrogen-bond donors (Lipinski definition) is 1. The van der Waals surface area contributed by atoms with Gasteiger partial charge in [-0.3, -0.25) is 15.2 Å². The summed E-state index contributed by atoms with van der Waals surface area (Å²) in [6.45, 7) is 2.35. The van der Waals surface area contributed by atoms with Crippen molar-refractivity contribution in [3.63, 3.8) is 0 Å². The number of amides is 1. The predicted octanol–water partition coefficient (Wildman–Crippen LogP) is 2.37. The van der Waals surface area contributed by atoms with Gasteiger partial charge < -0.3 is 0 Å². The van der Waals surface area contributed by atoms with E-state index in [1.165, 1.54) is 0 Å². The molecule has 0 bridgehead atoms. The number of carbonyl (C=O) groups is 1. The maximum absolute atomic E-state index is 12.3. The van der Waals surface area contributed by atoms with Crippen LogP contribution in [0.2, 0.25) is 0 Å². The molecule has 3 rings (SSSR count). The van der Waals surface area contributed by atoms with Crippen molar-refractivity contribution in [3.05, 3.63) is 71.8 Å². The molecule has 1 heterocycles. The average molecular weight is 279 g/mol. The fourth-order valence-electron chi connectivity index (χ4n) is 2.30. The zero-order valence-electron chi connectivity index (χ0n) is 11.9. The molecule has 1 N–H and O–H groups in total. The molecular weight excluding hydrogens is 262 g/mol. The molecule has 0 saturated heterocycles. The van der Waals surface area contributed by atoms with Gasteiger partial charge in [-0.05, 0) is 12.5 Å².